The summed E-state index contributed by atoms with van der Waals surface area (Å²) in [4.78, 5) is 0. The first-order valence-corrected chi connectivity index (χ1v) is 6.61. The van der Waals surface area contributed by atoms with Gasteiger partial charge in [0.25, 0.3) is 0 Å². The average molecular weight is 246 g/mol. The minimum absolute atomic E-state index is 0.395. The molecule has 3 nitrogen and oxygen atoms in total. The summed E-state index contributed by atoms with van der Waals surface area (Å²) in [5, 5.41) is 14.3. The lowest BCUT2D eigenvalue weighted by Crippen LogP contribution is -2.08. The van der Waals surface area contributed by atoms with E-state index in [1.165, 1.54) is 5.56 Å². The summed E-state index contributed by atoms with van der Waals surface area (Å²) in [6.07, 6.45) is 4.27. The zero-order chi connectivity index (χ0) is 13.1. The third-order valence-corrected chi connectivity index (χ3v) is 3.34. The van der Waals surface area contributed by atoms with Gasteiger partial charge in [0, 0.05) is 17.6 Å². The Hall–Kier alpha value is -1.48. The molecule has 1 heterocycles. The molecule has 0 fully saturated rings. The fraction of sp³-hybridized carbons (Fsp3) is 0.467. The van der Waals surface area contributed by atoms with Crippen LogP contribution in [0.15, 0.2) is 24.4 Å². The van der Waals surface area contributed by atoms with Gasteiger partial charge in [-0.25, -0.2) is 0 Å². The summed E-state index contributed by atoms with van der Waals surface area (Å²) in [6.45, 7) is 5.34. The molecule has 0 radical (unpaired) electrons. The van der Waals surface area contributed by atoms with Gasteiger partial charge >= 0.3 is 0 Å². The second-order valence-corrected chi connectivity index (χ2v) is 5.03. The maximum absolute atomic E-state index is 10.1. The third kappa shape index (κ3) is 2.36. The molecule has 3 heteroatoms. The molecular weight excluding hydrogens is 224 g/mol. The largest absolute Gasteiger partial charge is 0.507 e. The van der Waals surface area contributed by atoms with Gasteiger partial charge in [0.05, 0.1) is 5.52 Å². The van der Waals surface area contributed by atoms with Crippen molar-refractivity contribution < 1.29 is 5.11 Å². The van der Waals surface area contributed by atoms with Crippen molar-refractivity contribution in [3.05, 3.63) is 30.0 Å². The summed E-state index contributed by atoms with van der Waals surface area (Å²) in [5.41, 5.74) is 2.37. The highest BCUT2D eigenvalue weighted by Gasteiger charge is 2.13. The topological polar surface area (TPSA) is 37.2 Å². The van der Waals surface area contributed by atoms with Crippen LogP contribution in [0.1, 0.15) is 31.9 Å². The average Bonchev–Trinajstić information content (AvgIpc) is 2.70. The van der Waals surface area contributed by atoms with E-state index in [4.69, 9.17) is 0 Å². The normalized spacial score (nSPS) is 11.6. The minimum atomic E-state index is 0.395. The molecule has 0 spiro atoms. The Labute approximate surface area is 108 Å². The molecule has 98 valence electrons. The van der Waals surface area contributed by atoms with E-state index in [1.807, 2.05) is 13.1 Å². The van der Waals surface area contributed by atoms with E-state index in [1.54, 1.807) is 6.07 Å². The number of hydrogen-bond donors (Lipinski definition) is 2. The molecule has 2 rings (SSSR count). The first kappa shape index (κ1) is 13.0. The summed E-state index contributed by atoms with van der Waals surface area (Å²) in [6, 6.07) is 6.17. The summed E-state index contributed by atoms with van der Waals surface area (Å²) >= 11 is 0. The zero-order valence-electron chi connectivity index (χ0n) is 11.4. The Morgan fingerprint density at radius 2 is 2.11 bits per heavy atom. The molecule has 0 unspecified atom stereocenters. The standard InChI is InChI=1S/C15H22N2O/c1-11(2)17-10-12(6-5-9-16-3)15-13(17)7-4-8-14(15)18/h4,7-8,10-11,16,18H,5-6,9H2,1-3H3. The molecule has 0 aliphatic rings. The van der Waals surface area contributed by atoms with Crippen molar-refractivity contribution in [2.45, 2.75) is 32.7 Å². The van der Waals surface area contributed by atoms with E-state index in [2.05, 4.69) is 36.0 Å². The Morgan fingerprint density at radius 3 is 2.78 bits per heavy atom. The molecule has 0 atom stereocenters. The van der Waals surface area contributed by atoms with Crippen molar-refractivity contribution in [3.8, 4) is 5.75 Å². The number of nitrogens with zero attached hydrogens (tertiary/aromatic N) is 1. The molecule has 0 aliphatic heterocycles. The van der Waals surface area contributed by atoms with Gasteiger partial charge in [-0.3, -0.25) is 0 Å². The van der Waals surface area contributed by atoms with E-state index in [0.29, 0.717) is 11.8 Å². The van der Waals surface area contributed by atoms with Crippen molar-refractivity contribution in [1.29, 1.82) is 0 Å². The van der Waals surface area contributed by atoms with Crippen LogP contribution in [0, 0.1) is 0 Å². The minimum Gasteiger partial charge on any atom is -0.507 e. The molecule has 18 heavy (non-hydrogen) atoms. The highest BCUT2D eigenvalue weighted by molar-refractivity contribution is 5.89. The van der Waals surface area contributed by atoms with Gasteiger partial charge in [-0.15, -0.1) is 0 Å². The molecule has 1 aromatic carbocycles. The van der Waals surface area contributed by atoms with Crippen LogP contribution < -0.4 is 5.32 Å². The number of aromatic hydroxyl groups is 1. The predicted octanol–water partition coefficient (Wildman–Crippen LogP) is 3.08. The van der Waals surface area contributed by atoms with Crippen LogP contribution in [-0.4, -0.2) is 23.3 Å². The fourth-order valence-electron chi connectivity index (χ4n) is 2.45. The van der Waals surface area contributed by atoms with Crippen LogP contribution in [-0.2, 0) is 6.42 Å². The fourth-order valence-corrected chi connectivity index (χ4v) is 2.45. The first-order chi connectivity index (χ1) is 8.65. The number of rotatable bonds is 5. The number of aryl methyl sites for hydroxylation is 1. The number of nitrogens with one attached hydrogen (secondary N) is 1. The highest BCUT2D eigenvalue weighted by Crippen LogP contribution is 2.32. The van der Waals surface area contributed by atoms with Crippen LogP contribution in [0.3, 0.4) is 0 Å². The lowest BCUT2D eigenvalue weighted by molar-refractivity contribution is 0.481. The molecule has 2 N–H and O–H groups in total. The Kier molecular flexibility index (Phi) is 3.92. The van der Waals surface area contributed by atoms with Gasteiger partial charge in [0.15, 0.2) is 0 Å². The number of hydrogen-bond acceptors (Lipinski definition) is 2. The van der Waals surface area contributed by atoms with Crippen LogP contribution >= 0.6 is 0 Å². The second-order valence-electron chi connectivity index (χ2n) is 5.03. The quantitative estimate of drug-likeness (QED) is 0.796. The number of aromatic nitrogens is 1. The van der Waals surface area contributed by atoms with Crippen molar-refractivity contribution in [3.63, 3.8) is 0 Å². The van der Waals surface area contributed by atoms with E-state index in [9.17, 15) is 5.11 Å². The summed E-state index contributed by atoms with van der Waals surface area (Å²) in [5.74, 6) is 0.395. The maximum atomic E-state index is 10.1. The lowest BCUT2D eigenvalue weighted by atomic mass is 10.1. The summed E-state index contributed by atoms with van der Waals surface area (Å²) < 4.78 is 2.24. The van der Waals surface area contributed by atoms with Gasteiger partial charge in [-0.1, -0.05) is 6.07 Å². The second kappa shape index (κ2) is 5.44. The molecule has 0 saturated heterocycles. The molecule has 0 saturated carbocycles. The van der Waals surface area contributed by atoms with Crippen molar-refractivity contribution in [1.82, 2.24) is 9.88 Å². The highest BCUT2D eigenvalue weighted by atomic mass is 16.3. The number of benzene rings is 1. The maximum Gasteiger partial charge on any atom is 0.125 e. The number of phenols is 1. The molecule has 2 aromatic rings. The van der Waals surface area contributed by atoms with Crippen molar-refractivity contribution >= 4 is 10.9 Å². The van der Waals surface area contributed by atoms with E-state index < -0.39 is 0 Å². The third-order valence-electron chi connectivity index (χ3n) is 3.34. The monoisotopic (exact) mass is 246 g/mol. The Bertz CT molecular complexity index is 529. The van der Waals surface area contributed by atoms with E-state index in [0.717, 1.165) is 30.3 Å². The smallest absolute Gasteiger partial charge is 0.125 e. The Balaban J connectivity index is 2.45. The van der Waals surface area contributed by atoms with Gasteiger partial charge in [-0.05, 0) is 58.0 Å². The number of fused-ring (bicyclic) bond motifs is 1. The predicted molar refractivity (Wildman–Crippen MR) is 76.2 cm³/mol. The molecular formula is C15H22N2O. The Morgan fingerprint density at radius 1 is 1.33 bits per heavy atom. The van der Waals surface area contributed by atoms with E-state index >= 15 is 0 Å². The van der Waals surface area contributed by atoms with Crippen LogP contribution in [0.2, 0.25) is 0 Å². The van der Waals surface area contributed by atoms with Gasteiger partial charge in [0.1, 0.15) is 5.75 Å². The van der Waals surface area contributed by atoms with Crippen LogP contribution in [0.5, 0.6) is 5.75 Å². The van der Waals surface area contributed by atoms with E-state index in [-0.39, 0.29) is 0 Å². The van der Waals surface area contributed by atoms with Gasteiger partial charge in [-0.2, -0.15) is 0 Å². The van der Waals surface area contributed by atoms with Crippen LogP contribution in [0.25, 0.3) is 10.9 Å². The SMILES string of the molecule is CNCCCc1cn(C(C)C)c2cccc(O)c12. The van der Waals surface area contributed by atoms with Crippen LogP contribution in [0.4, 0.5) is 0 Å². The number of phenolic OH excluding ortho intramolecular Hbond substituents is 1. The zero-order valence-corrected chi connectivity index (χ0v) is 11.4. The lowest BCUT2D eigenvalue weighted by Gasteiger charge is -2.08. The molecule has 0 amide bonds. The molecule has 0 aliphatic carbocycles. The molecule has 1 aromatic heterocycles. The molecule has 0 bridgehead atoms. The summed E-state index contributed by atoms with van der Waals surface area (Å²) in [7, 11) is 1.97. The van der Waals surface area contributed by atoms with Crippen molar-refractivity contribution in [2.75, 3.05) is 13.6 Å². The van der Waals surface area contributed by atoms with Gasteiger partial charge in [0.2, 0.25) is 0 Å². The first-order valence-electron chi connectivity index (χ1n) is 6.61. The van der Waals surface area contributed by atoms with Crippen molar-refractivity contribution in [2.24, 2.45) is 0 Å². The van der Waals surface area contributed by atoms with Gasteiger partial charge < -0.3 is 15.0 Å².